The summed E-state index contributed by atoms with van der Waals surface area (Å²) in [6.45, 7) is 4.11. The molecule has 5 heterocycles. The second kappa shape index (κ2) is 6.05. The van der Waals surface area contributed by atoms with Crippen molar-refractivity contribution in [2.45, 2.75) is 43.7 Å². The van der Waals surface area contributed by atoms with Gasteiger partial charge in [-0.25, -0.2) is 9.97 Å². The lowest BCUT2D eigenvalue weighted by molar-refractivity contribution is 0.0991. The van der Waals surface area contributed by atoms with Gasteiger partial charge in [-0.1, -0.05) is 0 Å². The van der Waals surface area contributed by atoms with Crippen LogP contribution in [0.2, 0.25) is 0 Å². The van der Waals surface area contributed by atoms with Crippen molar-refractivity contribution in [3.05, 3.63) is 30.2 Å². The molecule has 0 radical (unpaired) electrons. The van der Waals surface area contributed by atoms with Crippen LogP contribution in [0.3, 0.4) is 0 Å². The number of rotatable bonds is 5. The fourth-order valence-electron chi connectivity index (χ4n) is 5.32. The Morgan fingerprint density at radius 1 is 0.966 bits per heavy atom. The van der Waals surface area contributed by atoms with E-state index in [9.17, 15) is 0 Å². The Labute approximate surface area is 170 Å². The second-order valence-electron chi connectivity index (χ2n) is 9.45. The predicted octanol–water partition coefficient (Wildman–Crippen LogP) is 2.93. The summed E-state index contributed by atoms with van der Waals surface area (Å²) in [6.07, 6.45) is 9.17. The van der Waals surface area contributed by atoms with Crippen molar-refractivity contribution in [2.75, 3.05) is 41.4 Å². The van der Waals surface area contributed by atoms with E-state index in [0.29, 0.717) is 18.1 Å². The van der Waals surface area contributed by atoms with E-state index in [-0.39, 0.29) is 0 Å². The van der Waals surface area contributed by atoms with Gasteiger partial charge in [0.2, 0.25) is 0 Å². The van der Waals surface area contributed by atoms with Gasteiger partial charge in [0.1, 0.15) is 17.5 Å². The molecule has 7 nitrogen and oxygen atoms in total. The molecular weight excluding hydrogens is 364 g/mol. The van der Waals surface area contributed by atoms with Crippen LogP contribution < -0.4 is 15.1 Å². The van der Waals surface area contributed by atoms with E-state index in [1.807, 2.05) is 12.4 Å². The van der Waals surface area contributed by atoms with E-state index in [0.717, 1.165) is 67.6 Å². The normalized spacial score (nSPS) is 32.0. The molecule has 3 saturated heterocycles. The number of ether oxygens (including phenoxy) is 1. The fourth-order valence-corrected chi connectivity index (χ4v) is 5.32. The zero-order valence-corrected chi connectivity index (χ0v) is 16.5. The number of piperidine rings is 1. The molecule has 7 rings (SSSR count). The quantitative estimate of drug-likeness (QED) is 0.842. The Morgan fingerprint density at radius 3 is 2.55 bits per heavy atom. The highest BCUT2D eigenvalue weighted by atomic mass is 16.5. The number of hydrogen-bond acceptors (Lipinski definition) is 7. The lowest BCUT2D eigenvalue weighted by atomic mass is 10.2. The van der Waals surface area contributed by atoms with Crippen LogP contribution in [-0.2, 0) is 4.74 Å². The van der Waals surface area contributed by atoms with Crippen molar-refractivity contribution in [3.8, 4) is 0 Å². The molecule has 5 fully saturated rings. The molecule has 2 aromatic heterocycles. The van der Waals surface area contributed by atoms with E-state index < -0.39 is 0 Å². The van der Waals surface area contributed by atoms with Crippen molar-refractivity contribution >= 4 is 23.1 Å². The molecule has 5 aliphatic rings. The molecule has 0 aromatic carbocycles. The Balaban J connectivity index is 1.19. The van der Waals surface area contributed by atoms with E-state index >= 15 is 0 Å². The first-order chi connectivity index (χ1) is 14.3. The first kappa shape index (κ1) is 16.4. The highest BCUT2D eigenvalue weighted by Gasteiger charge is 2.46. The minimum Gasteiger partial charge on any atom is -0.374 e. The van der Waals surface area contributed by atoms with Gasteiger partial charge in [-0.3, -0.25) is 4.98 Å². The Morgan fingerprint density at radius 2 is 1.86 bits per heavy atom. The molecular formula is C22H26N6O. The van der Waals surface area contributed by atoms with Crippen molar-refractivity contribution in [1.29, 1.82) is 0 Å². The number of anilines is 4. The average Bonchev–Trinajstić information content (AvgIpc) is 3.60. The van der Waals surface area contributed by atoms with Crippen LogP contribution in [0.25, 0.3) is 0 Å². The van der Waals surface area contributed by atoms with Crippen molar-refractivity contribution in [3.63, 3.8) is 0 Å². The van der Waals surface area contributed by atoms with Crippen LogP contribution >= 0.6 is 0 Å². The van der Waals surface area contributed by atoms with Crippen LogP contribution in [-0.4, -0.2) is 53.3 Å². The molecule has 29 heavy (non-hydrogen) atoms. The van der Waals surface area contributed by atoms with Gasteiger partial charge in [-0.2, -0.15) is 0 Å². The van der Waals surface area contributed by atoms with Crippen molar-refractivity contribution in [1.82, 2.24) is 15.0 Å². The number of nitrogens with zero attached hydrogens (tertiary/aromatic N) is 5. The van der Waals surface area contributed by atoms with Crippen LogP contribution in [0.15, 0.2) is 24.5 Å². The minimum atomic E-state index is 0.383. The summed E-state index contributed by atoms with van der Waals surface area (Å²) in [5, 5.41) is 3.42. The Bertz CT molecular complexity index is 935. The smallest absolute Gasteiger partial charge is 0.150 e. The Kier molecular flexibility index (Phi) is 3.42. The van der Waals surface area contributed by atoms with E-state index in [2.05, 4.69) is 37.2 Å². The maximum absolute atomic E-state index is 5.81. The Hall–Kier alpha value is -2.41. The third-order valence-electron chi connectivity index (χ3n) is 7.26. The standard InChI is InChI=1S/C22H26N6O/c1-2-13(1)19-7-24-21(8-23-19)25-20-5-16(28-11-18-4-17(28)12-29-18)6-22(26-20)27-9-14-3-15(14)10-27/h5-8,13-15,17-18H,1-4,9-12H2,(H,24,25,26). The second-order valence-corrected chi connectivity index (χ2v) is 9.45. The van der Waals surface area contributed by atoms with Gasteiger partial charge < -0.3 is 19.9 Å². The zero-order valence-electron chi connectivity index (χ0n) is 16.5. The summed E-state index contributed by atoms with van der Waals surface area (Å²) in [7, 11) is 0. The van der Waals surface area contributed by atoms with Gasteiger partial charge in [0, 0.05) is 43.4 Å². The highest BCUT2D eigenvalue weighted by molar-refractivity contribution is 5.66. The molecule has 2 saturated carbocycles. The molecule has 2 aromatic rings. The fraction of sp³-hybridized carbons (Fsp3) is 0.591. The van der Waals surface area contributed by atoms with Gasteiger partial charge in [0.05, 0.1) is 36.8 Å². The van der Waals surface area contributed by atoms with Gasteiger partial charge >= 0.3 is 0 Å². The number of nitrogens with one attached hydrogen (secondary N) is 1. The van der Waals surface area contributed by atoms with E-state index in [4.69, 9.17) is 9.72 Å². The number of pyridine rings is 1. The summed E-state index contributed by atoms with van der Waals surface area (Å²) in [4.78, 5) is 19.1. The summed E-state index contributed by atoms with van der Waals surface area (Å²) in [6, 6.07) is 4.93. The summed E-state index contributed by atoms with van der Waals surface area (Å²) in [5.74, 6) is 5.10. The summed E-state index contributed by atoms with van der Waals surface area (Å²) in [5.41, 5.74) is 2.36. The topological polar surface area (TPSA) is 66.4 Å². The molecule has 4 atom stereocenters. The molecule has 1 N–H and O–H groups in total. The van der Waals surface area contributed by atoms with Crippen molar-refractivity contribution in [2.24, 2.45) is 11.8 Å². The van der Waals surface area contributed by atoms with Gasteiger partial charge in [-0.15, -0.1) is 0 Å². The minimum absolute atomic E-state index is 0.383. The number of hydrogen-bond donors (Lipinski definition) is 1. The van der Waals surface area contributed by atoms with Crippen molar-refractivity contribution < 1.29 is 4.74 Å². The van der Waals surface area contributed by atoms with E-state index in [1.165, 1.54) is 24.9 Å². The van der Waals surface area contributed by atoms with Gasteiger partial charge in [0.25, 0.3) is 0 Å². The van der Waals surface area contributed by atoms with Crippen LogP contribution in [0, 0.1) is 11.8 Å². The molecule has 150 valence electrons. The van der Waals surface area contributed by atoms with Crippen LogP contribution in [0.4, 0.5) is 23.1 Å². The maximum atomic E-state index is 5.81. The lowest BCUT2D eigenvalue weighted by Gasteiger charge is -2.30. The van der Waals surface area contributed by atoms with Gasteiger partial charge in [-0.05, 0) is 37.5 Å². The summed E-state index contributed by atoms with van der Waals surface area (Å²) < 4.78 is 5.81. The van der Waals surface area contributed by atoms with Crippen LogP contribution in [0.5, 0.6) is 0 Å². The first-order valence-corrected chi connectivity index (χ1v) is 11.0. The third-order valence-corrected chi connectivity index (χ3v) is 7.26. The molecule has 3 aliphatic heterocycles. The molecule has 2 aliphatic carbocycles. The predicted molar refractivity (Wildman–Crippen MR) is 111 cm³/mol. The van der Waals surface area contributed by atoms with E-state index in [1.54, 1.807) is 0 Å². The number of fused-ring (bicyclic) bond motifs is 3. The average molecular weight is 390 g/mol. The van der Waals surface area contributed by atoms with Gasteiger partial charge in [0.15, 0.2) is 0 Å². The number of aromatic nitrogens is 3. The SMILES string of the molecule is c1nc(C2CC2)cnc1Nc1cc(N2CC3CC2CO3)cc(N2CC3CC3C2)n1. The molecule has 2 bridgehead atoms. The molecule has 0 amide bonds. The largest absolute Gasteiger partial charge is 0.374 e. The first-order valence-electron chi connectivity index (χ1n) is 11.0. The molecule has 0 spiro atoms. The van der Waals surface area contributed by atoms with Crippen LogP contribution in [0.1, 0.15) is 37.3 Å². The third kappa shape index (κ3) is 2.94. The monoisotopic (exact) mass is 390 g/mol. The zero-order chi connectivity index (χ0) is 18.9. The molecule has 7 heteroatoms. The number of morpholine rings is 1. The summed E-state index contributed by atoms with van der Waals surface area (Å²) >= 11 is 0. The maximum Gasteiger partial charge on any atom is 0.150 e. The lowest BCUT2D eigenvalue weighted by Crippen LogP contribution is -2.37. The highest BCUT2D eigenvalue weighted by Crippen LogP contribution is 2.47. The molecule has 4 unspecified atom stereocenters.